The van der Waals surface area contributed by atoms with Crippen LogP contribution < -0.4 is 11.3 Å². The number of nitrogen functional groups attached to an aromatic ring is 1. The van der Waals surface area contributed by atoms with Gasteiger partial charge in [0, 0.05) is 10.0 Å². The van der Waals surface area contributed by atoms with Gasteiger partial charge in [-0.15, -0.1) is 0 Å². The summed E-state index contributed by atoms with van der Waals surface area (Å²) >= 11 is 3.42. The molecular formula is C9H11BrN2O. The summed E-state index contributed by atoms with van der Waals surface area (Å²) in [4.78, 5) is 11.2. The minimum atomic E-state index is -0.265. The van der Waals surface area contributed by atoms with Crippen molar-refractivity contribution in [1.82, 2.24) is 5.43 Å². The zero-order valence-electron chi connectivity index (χ0n) is 7.52. The molecule has 4 heteroatoms. The predicted molar refractivity (Wildman–Crippen MR) is 55.3 cm³/mol. The Morgan fingerprint density at radius 3 is 2.23 bits per heavy atom. The van der Waals surface area contributed by atoms with E-state index in [0.717, 1.165) is 15.6 Å². The van der Waals surface area contributed by atoms with Crippen molar-refractivity contribution in [3.05, 3.63) is 33.3 Å². The SMILES string of the molecule is Cc1cc(C(=O)NN)cc(C)c1Br. The van der Waals surface area contributed by atoms with Gasteiger partial charge in [-0.2, -0.15) is 0 Å². The molecule has 1 aromatic rings. The summed E-state index contributed by atoms with van der Waals surface area (Å²) in [5, 5.41) is 0. The molecule has 70 valence electrons. The number of hydrazine groups is 1. The summed E-state index contributed by atoms with van der Waals surface area (Å²) in [5.74, 6) is 4.77. The highest BCUT2D eigenvalue weighted by Gasteiger charge is 2.07. The molecule has 0 aromatic heterocycles. The van der Waals surface area contributed by atoms with E-state index in [1.54, 1.807) is 12.1 Å². The van der Waals surface area contributed by atoms with E-state index < -0.39 is 0 Å². The molecule has 1 aromatic carbocycles. The lowest BCUT2D eigenvalue weighted by atomic mass is 10.1. The van der Waals surface area contributed by atoms with Crippen LogP contribution in [0.15, 0.2) is 16.6 Å². The molecule has 0 heterocycles. The summed E-state index contributed by atoms with van der Waals surface area (Å²) in [7, 11) is 0. The van der Waals surface area contributed by atoms with Crippen LogP contribution in [-0.4, -0.2) is 5.91 Å². The van der Waals surface area contributed by atoms with Gasteiger partial charge >= 0.3 is 0 Å². The topological polar surface area (TPSA) is 55.1 Å². The Kier molecular flexibility index (Phi) is 3.06. The molecule has 0 aliphatic rings. The molecule has 3 N–H and O–H groups in total. The molecule has 0 spiro atoms. The standard InChI is InChI=1S/C9H11BrN2O/c1-5-3-7(9(13)12-11)4-6(2)8(5)10/h3-4H,11H2,1-2H3,(H,12,13). The van der Waals surface area contributed by atoms with Crippen LogP contribution in [0.3, 0.4) is 0 Å². The molecule has 0 saturated carbocycles. The summed E-state index contributed by atoms with van der Waals surface area (Å²) in [5.41, 5.74) is 4.74. The van der Waals surface area contributed by atoms with E-state index in [1.807, 2.05) is 13.8 Å². The fourth-order valence-electron chi connectivity index (χ4n) is 1.16. The number of carbonyl (C=O) groups is 1. The largest absolute Gasteiger partial charge is 0.290 e. The Labute approximate surface area is 85.4 Å². The summed E-state index contributed by atoms with van der Waals surface area (Å²) in [6.07, 6.45) is 0. The Hall–Kier alpha value is -0.870. The van der Waals surface area contributed by atoms with Crippen LogP contribution in [-0.2, 0) is 0 Å². The zero-order chi connectivity index (χ0) is 10.0. The van der Waals surface area contributed by atoms with Gasteiger partial charge in [0.2, 0.25) is 0 Å². The van der Waals surface area contributed by atoms with Crippen LogP contribution in [0.5, 0.6) is 0 Å². The zero-order valence-corrected chi connectivity index (χ0v) is 9.10. The second-order valence-electron chi connectivity index (χ2n) is 2.90. The Balaban J connectivity index is 3.20. The fourth-order valence-corrected chi connectivity index (χ4v) is 1.39. The van der Waals surface area contributed by atoms with Crippen molar-refractivity contribution in [2.24, 2.45) is 5.84 Å². The quantitative estimate of drug-likeness (QED) is 0.448. The van der Waals surface area contributed by atoms with E-state index in [2.05, 4.69) is 21.4 Å². The molecule has 0 unspecified atom stereocenters. The van der Waals surface area contributed by atoms with Crippen LogP contribution in [0.4, 0.5) is 0 Å². The van der Waals surface area contributed by atoms with Crippen molar-refractivity contribution >= 4 is 21.8 Å². The molecule has 0 bridgehead atoms. The minimum Gasteiger partial charge on any atom is -0.290 e. The van der Waals surface area contributed by atoms with Crippen molar-refractivity contribution in [3.63, 3.8) is 0 Å². The highest BCUT2D eigenvalue weighted by atomic mass is 79.9. The second-order valence-corrected chi connectivity index (χ2v) is 3.69. The number of carbonyl (C=O) groups excluding carboxylic acids is 1. The molecule has 0 radical (unpaired) electrons. The molecule has 1 amide bonds. The van der Waals surface area contributed by atoms with Crippen LogP contribution >= 0.6 is 15.9 Å². The van der Waals surface area contributed by atoms with E-state index in [4.69, 9.17) is 5.84 Å². The number of benzene rings is 1. The molecule has 1 rings (SSSR count). The molecular weight excluding hydrogens is 232 g/mol. The second kappa shape index (κ2) is 3.89. The third kappa shape index (κ3) is 2.08. The lowest BCUT2D eigenvalue weighted by molar-refractivity contribution is 0.0953. The van der Waals surface area contributed by atoms with Gasteiger partial charge in [0.05, 0.1) is 0 Å². The minimum absolute atomic E-state index is 0.265. The first kappa shape index (κ1) is 10.2. The lowest BCUT2D eigenvalue weighted by Gasteiger charge is -2.06. The number of halogens is 1. The first-order chi connectivity index (χ1) is 6.06. The molecule has 13 heavy (non-hydrogen) atoms. The number of nitrogens with one attached hydrogen (secondary N) is 1. The Morgan fingerprint density at radius 2 is 1.85 bits per heavy atom. The van der Waals surface area contributed by atoms with Gasteiger partial charge in [0.1, 0.15) is 0 Å². The summed E-state index contributed by atoms with van der Waals surface area (Å²) in [6.45, 7) is 3.87. The van der Waals surface area contributed by atoms with Crippen molar-refractivity contribution in [3.8, 4) is 0 Å². The number of rotatable bonds is 1. The first-order valence-corrected chi connectivity index (χ1v) is 4.63. The monoisotopic (exact) mass is 242 g/mol. The Bertz CT molecular complexity index is 326. The molecule has 0 aliphatic heterocycles. The lowest BCUT2D eigenvalue weighted by Crippen LogP contribution is -2.30. The fraction of sp³-hybridized carbons (Fsp3) is 0.222. The normalized spacial score (nSPS) is 9.85. The molecule has 0 saturated heterocycles. The van der Waals surface area contributed by atoms with Gasteiger partial charge in [0.25, 0.3) is 5.91 Å². The predicted octanol–water partition coefficient (Wildman–Crippen LogP) is 1.67. The Morgan fingerprint density at radius 1 is 1.38 bits per heavy atom. The molecule has 0 aliphatic carbocycles. The molecule has 0 fully saturated rings. The van der Waals surface area contributed by atoms with E-state index in [0.29, 0.717) is 5.56 Å². The average Bonchev–Trinajstić information content (AvgIpc) is 2.12. The van der Waals surface area contributed by atoms with Crippen LogP contribution in [0.25, 0.3) is 0 Å². The third-order valence-corrected chi connectivity index (χ3v) is 3.08. The number of hydrogen-bond donors (Lipinski definition) is 2. The van der Waals surface area contributed by atoms with E-state index in [9.17, 15) is 4.79 Å². The van der Waals surface area contributed by atoms with Gasteiger partial charge in [-0.05, 0) is 37.1 Å². The number of nitrogens with two attached hydrogens (primary N) is 1. The van der Waals surface area contributed by atoms with Crippen LogP contribution in [0, 0.1) is 13.8 Å². The van der Waals surface area contributed by atoms with Crippen molar-refractivity contribution in [1.29, 1.82) is 0 Å². The third-order valence-electron chi connectivity index (χ3n) is 1.83. The van der Waals surface area contributed by atoms with Gasteiger partial charge in [-0.25, -0.2) is 5.84 Å². The maximum Gasteiger partial charge on any atom is 0.265 e. The van der Waals surface area contributed by atoms with Crippen molar-refractivity contribution in [2.45, 2.75) is 13.8 Å². The maximum atomic E-state index is 11.2. The van der Waals surface area contributed by atoms with Gasteiger partial charge in [0.15, 0.2) is 0 Å². The highest BCUT2D eigenvalue weighted by molar-refractivity contribution is 9.10. The van der Waals surface area contributed by atoms with Gasteiger partial charge in [-0.3, -0.25) is 10.2 Å². The molecule has 0 atom stereocenters. The highest BCUT2D eigenvalue weighted by Crippen LogP contribution is 2.22. The van der Waals surface area contributed by atoms with Gasteiger partial charge in [-0.1, -0.05) is 15.9 Å². The number of amides is 1. The molecule has 3 nitrogen and oxygen atoms in total. The van der Waals surface area contributed by atoms with E-state index in [1.165, 1.54) is 0 Å². The van der Waals surface area contributed by atoms with E-state index >= 15 is 0 Å². The van der Waals surface area contributed by atoms with Crippen LogP contribution in [0.1, 0.15) is 21.5 Å². The van der Waals surface area contributed by atoms with Gasteiger partial charge < -0.3 is 0 Å². The van der Waals surface area contributed by atoms with E-state index in [-0.39, 0.29) is 5.91 Å². The summed E-state index contributed by atoms with van der Waals surface area (Å²) in [6, 6.07) is 3.58. The average molecular weight is 243 g/mol. The van der Waals surface area contributed by atoms with Crippen molar-refractivity contribution < 1.29 is 4.79 Å². The van der Waals surface area contributed by atoms with Crippen molar-refractivity contribution in [2.75, 3.05) is 0 Å². The smallest absolute Gasteiger partial charge is 0.265 e. The maximum absolute atomic E-state index is 11.2. The summed E-state index contributed by atoms with van der Waals surface area (Å²) < 4.78 is 1.03. The number of aryl methyl sites for hydroxylation is 2. The number of hydrogen-bond acceptors (Lipinski definition) is 2. The van der Waals surface area contributed by atoms with Crippen LogP contribution in [0.2, 0.25) is 0 Å². The first-order valence-electron chi connectivity index (χ1n) is 3.84.